The highest BCUT2D eigenvalue weighted by Gasteiger charge is 2.12. The second-order valence-corrected chi connectivity index (χ2v) is 3.85. The van der Waals surface area contributed by atoms with Crippen molar-refractivity contribution < 1.29 is 4.42 Å². The van der Waals surface area contributed by atoms with Gasteiger partial charge in [0.2, 0.25) is 5.89 Å². The Morgan fingerprint density at radius 2 is 2.07 bits per heavy atom. The van der Waals surface area contributed by atoms with Gasteiger partial charge in [-0.1, -0.05) is 6.07 Å². The van der Waals surface area contributed by atoms with E-state index in [4.69, 9.17) is 4.42 Å². The van der Waals surface area contributed by atoms with Gasteiger partial charge >= 0.3 is 0 Å². The lowest BCUT2D eigenvalue weighted by Crippen LogP contribution is -2.05. The smallest absolute Gasteiger partial charge is 0.244 e. The molecule has 0 aromatic carbocycles. The molecule has 2 heterocycles. The summed E-state index contributed by atoms with van der Waals surface area (Å²) in [5.74, 6) is 0.614. The fraction of sp³-hybridized carbons (Fsp3) is 0.333. The van der Waals surface area contributed by atoms with Crippen LogP contribution in [0, 0.1) is 0 Å². The zero-order chi connectivity index (χ0) is 10.1. The molecule has 76 valence electrons. The van der Waals surface area contributed by atoms with Gasteiger partial charge in [0.25, 0.3) is 0 Å². The van der Waals surface area contributed by atoms with E-state index in [-0.39, 0.29) is 0 Å². The predicted molar refractivity (Wildman–Crippen MR) is 56.4 cm³/mol. The summed E-state index contributed by atoms with van der Waals surface area (Å²) in [6.45, 7) is 0. The number of pyridine rings is 1. The topological polar surface area (TPSA) is 38.9 Å². The Bertz CT molecular complexity index is 462. The average Bonchev–Trinajstić information content (AvgIpc) is 2.82. The van der Waals surface area contributed by atoms with E-state index in [0.29, 0.717) is 5.89 Å². The molecule has 2 aromatic heterocycles. The molecule has 0 saturated carbocycles. The Hall–Kier alpha value is -1.64. The Balaban J connectivity index is 2.04. The highest BCUT2D eigenvalue weighted by Crippen LogP contribution is 2.23. The van der Waals surface area contributed by atoms with E-state index < -0.39 is 0 Å². The van der Waals surface area contributed by atoms with Gasteiger partial charge in [-0.05, 0) is 37.3 Å². The lowest BCUT2D eigenvalue weighted by molar-refractivity contribution is 0.570. The average molecular weight is 200 g/mol. The van der Waals surface area contributed by atoms with Crippen LogP contribution in [0.25, 0.3) is 11.6 Å². The van der Waals surface area contributed by atoms with Crippen molar-refractivity contribution in [2.24, 2.45) is 0 Å². The normalized spacial score (nSPS) is 14.9. The summed E-state index contributed by atoms with van der Waals surface area (Å²) in [5.41, 5.74) is 3.45. The van der Waals surface area contributed by atoms with Gasteiger partial charge in [-0.3, -0.25) is 0 Å². The van der Waals surface area contributed by atoms with Crippen LogP contribution in [0.2, 0.25) is 0 Å². The van der Waals surface area contributed by atoms with Gasteiger partial charge in [-0.2, -0.15) is 0 Å². The van der Waals surface area contributed by atoms with Crippen molar-refractivity contribution in [2.75, 3.05) is 0 Å². The lowest BCUT2D eigenvalue weighted by atomic mass is 9.96. The molecule has 0 saturated heterocycles. The number of aryl methyl sites for hydroxylation is 2. The van der Waals surface area contributed by atoms with E-state index in [1.807, 2.05) is 6.07 Å². The highest BCUT2D eigenvalue weighted by atomic mass is 16.3. The third-order valence-electron chi connectivity index (χ3n) is 2.83. The van der Waals surface area contributed by atoms with Gasteiger partial charge in [0.1, 0.15) is 12.0 Å². The molecular weight excluding hydrogens is 188 g/mol. The number of hydrogen-bond donors (Lipinski definition) is 0. The third-order valence-corrected chi connectivity index (χ3v) is 2.83. The zero-order valence-electron chi connectivity index (χ0n) is 8.44. The maximum absolute atomic E-state index is 5.24. The molecule has 0 atom stereocenters. The molecular formula is C12H12N2O. The Kier molecular flexibility index (Phi) is 2.02. The van der Waals surface area contributed by atoms with E-state index in [1.54, 1.807) is 12.5 Å². The van der Waals surface area contributed by atoms with Crippen LogP contribution >= 0.6 is 0 Å². The van der Waals surface area contributed by atoms with Gasteiger partial charge in [-0.25, -0.2) is 9.97 Å². The Labute approximate surface area is 88.2 Å². The van der Waals surface area contributed by atoms with Crippen molar-refractivity contribution >= 4 is 0 Å². The summed E-state index contributed by atoms with van der Waals surface area (Å²) in [6.07, 6.45) is 8.01. The lowest BCUT2D eigenvalue weighted by Gasteiger charge is -2.14. The first-order valence-corrected chi connectivity index (χ1v) is 5.32. The van der Waals surface area contributed by atoms with Crippen LogP contribution in [0.1, 0.15) is 24.1 Å². The molecule has 3 rings (SSSR count). The molecule has 3 heteroatoms. The first kappa shape index (κ1) is 8.65. The van der Waals surface area contributed by atoms with Crippen molar-refractivity contribution in [2.45, 2.75) is 25.7 Å². The van der Waals surface area contributed by atoms with Crippen LogP contribution in [0.15, 0.2) is 29.0 Å². The first-order chi connectivity index (χ1) is 7.43. The maximum atomic E-state index is 5.24. The van der Waals surface area contributed by atoms with Crippen molar-refractivity contribution in [1.82, 2.24) is 9.97 Å². The molecule has 1 aliphatic rings. The van der Waals surface area contributed by atoms with Gasteiger partial charge in [0.05, 0.1) is 6.20 Å². The van der Waals surface area contributed by atoms with Crippen molar-refractivity contribution in [3.8, 4) is 11.6 Å². The highest BCUT2D eigenvalue weighted by molar-refractivity contribution is 5.48. The van der Waals surface area contributed by atoms with Gasteiger partial charge in [0.15, 0.2) is 0 Å². The van der Waals surface area contributed by atoms with Crippen molar-refractivity contribution in [3.63, 3.8) is 0 Å². The molecule has 1 aliphatic carbocycles. The summed E-state index contributed by atoms with van der Waals surface area (Å²) in [7, 11) is 0. The minimum absolute atomic E-state index is 0.614. The number of fused-ring (bicyclic) bond motifs is 1. The molecule has 0 fully saturated rings. The Morgan fingerprint density at radius 1 is 1.13 bits per heavy atom. The number of oxazole rings is 1. The van der Waals surface area contributed by atoms with Crippen molar-refractivity contribution in [3.05, 3.63) is 35.9 Å². The van der Waals surface area contributed by atoms with Crippen LogP contribution in [-0.2, 0) is 12.8 Å². The first-order valence-electron chi connectivity index (χ1n) is 5.32. The van der Waals surface area contributed by atoms with Gasteiger partial charge < -0.3 is 4.42 Å². The van der Waals surface area contributed by atoms with E-state index in [2.05, 4.69) is 16.0 Å². The number of aromatic nitrogens is 2. The SMILES string of the molecule is c1coc(-c2ccc3c(n2)CCCC3)n1. The molecule has 15 heavy (non-hydrogen) atoms. The Morgan fingerprint density at radius 3 is 2.93 bits per heavy atom. The fourth-order valence-electron chi connectivity index (χ4n) is 2.05. The minimum Gasteiger partial charge on any atom is -0.443 e. The summed E-state index contributed by atoms with van der Waals surface area (Å²) < 4.78 is 5.24. The van der Waals surface area contributed by atoms with E-state index >= 15 is 0 Å². The van der Waals surface area contributed by atoms with Crippen LogP contribution in [0.3, 0.4) is 0 Å². The molecule has 3 nitrogen and oxygen atoms in total. The van der Waals surface area contributed by atoms with Crippen LogP contribution in [0.4, 0.5) is 0 Å². The van der Waals surface area contributed by atoms with Gasteiger partial charge in [0, 0.05) is 5.69 Å². The molecule has 2 aromatic rings. The summed E-state index contributed by atoms with van der Waals surface area (Å²) in [6, 6.07) is 4.15. The van der Waals surface area contributed by atoms with Crippen LogP contribution < -0.4 is 0 Å². The second kappa shape index (κ2) is 3.50. The minimum atomic E-state index is 0.614. The monoisotopic (exact) mass is 200 g/mol. The largest absolute Gasteiger partial charge is 0.443 e. The van der Waals surface area contributed by atoms with Crippen LogP contribution in [-0.4, -0.2) is 9.97 Å². The van der Waals surface area contributed by atoms with Crippen molar-refractivity contribution in [1.29, 1.82) is 0 Å². The third kappa shape index (κ3) is 1.54. The molecule has 0 bridgehead atoms. The van der Waals surface area contributed by atoms with E-state index in [9.17, 15) is 0 Å². The molecule has 0 aliphatic heterocycles. The summed E-state index contributed by atoms with van der Waals surface area (Å²) in [5, 5.41) is 0. The molecule has 0 N–H and O–H groups in total. The summed E-state index contributed by atoms with van der Waals surface area (Å²) >= 11 is 0. The number of nitrogens with zero attached hydrogens (tertiary/aromatic N) is 2. The molecule has 0 amide bonds. The van der Waals surface area contributed by atoms with Crippen LogP contribution in [0.5, 0.6) is 0 Å². The quantitative estimate of drug-likeness (QED) is 0.710. The van der Waals surface area contributed by atoms with Gasteiger partial charge in [-0.15, -0.1) is 0 Å². The maximum Gasteiger partial charge on any atom is 0.244 e. The molecule has 0 radical (unpaired) electrons. The standard InChI is InChI=1S/C12H12N2O/c1-2-4-10-9(3-1)5-6-11(14-10)12-13-7-8-15-12/h5-8H,1-4H2. The molecule has 0 unspecified atom stereocenters. The second-order valence-electron chi connectivity index (χ2n) is 3.85. The number of hydrogen-bond acceptors (Lipinski definition) is 3. The summed E-state index contributed by atoms with van der Waals surface area (Å²) in [4.78, 5) is 8.71. The zero-order valence-corrected chi connectivity index (χ0v) is 8.44. The number of rotatable bonds is 1. The predicted octanol–water partition coefficient (Wildman–Crippen LogP) is 2.62. The van der Waals surface area contributed by atoms with E-state index in [0.717, 1.165) is 18.5 Å². The molecule has 0 spiro atoms. The fourth-order valence-corrected chi connectivity index (χ4v) is 2.05. The van der Waals surface area contributed by atoms with E-state index in [1.165, 1.54) is 24.1 Å².